The number of carbonyl (C=O) groups excluding carboxylic acids is 3. The van der Waals surface area contributed by atoms with Gasteiger partial charge in [-0.3, -0.25) is 20.2 Å². The maximum Gasteiger partial charge on any atom is 0.328 e. The molecule has 0 aliphatic carbocycles. The fourth-order valence-corrected chi connectivity index (χ4v) is 5.51. The summed E-state index contributed by atoms with van der Waals surface area (Å²) in [6.07, 6.45) is 1.32. The van der Waals surface area contributed by atoms with E-state index in [2.05, 4.69) is 25.8 Å². The minimum Gasteiger partial charge on any atom is -0.372 e. The van der Waals surface area contributed by atoms with Crippen LogP contribution >= 0.6 is 11.3 Å². The van der Waals surface area contributed by atoms with E-state index in [0.29, 0.717) is 6.54 Å². The third kappa shape index (κ3) is 2.65. The van der Waals surface area contributed by atoms with Crippen LogP contribution in [0.3, 0.4) is 0 Å². The molecule has 2 saturated heterocycles. The van der Waals surface area contributed by atoms with E-state index >= 15 is 0 Å². The first-order chi connectivity index (χ1) is 14.3. The number of hydrogen-bond acceptors (Lipinski definition) is 9. The second-order valence-corrected chi connectivity index (χ2v) is 9.15. The van der Waals surface area contributed by atoms with Gasteiger partial charge in [0, 0.05) is 24.7 Å². The molecule has 0 unspecified atom stereocenters. The molecule has 0 radical (unpaired) electrons. The number of amides is 4. The predicted molar refractivity (Wildman–Crippen MR) is 107 cm³/mol. The Morgan fingerprint density at radius 1 is 1.20 bits per heavy atom. The molecule has 2 aromatic rings. The van der Waals surface area contributed by atoms with Gasteiger partial charge in [0.15, 0.2) is 5.41 Å². The van der Waals surface area contributed by atoms with Crippen LogP contribution in [0.5, 0.6) is 0 Å². The van der Waals surface area contributed by atoms with Crippen LogP contribution in [0.2, 0.25) is 0 Å². The number of nitrogens with one attached hydrogen (secondary N) is 2. The fourth-order valence-electron chi connectivity index (χ4n) is 4.83. The Bertz CT molecular complexity index is 1060. The minimum atomic E-state index is -1.50. The number of hydrogen-bond donors (Lipinski definition) is 2. The number of rotatable bonds is 1. The van der Waals surface area contributed by atoms with Crippen LogP contribution in [0.4, 0.5) is 10.6 Å². The Hall–Kier alpha value is -2.92. The average molecular weight is 428 g/mol. The molecular formula is C19H20N6O4S. The highest BCUT2D eigenvalue weighted by molar-refractivity contribution is 7.14. The highest BCUT2D eigenvalue weighted by Crippen LogP contribution is 2.46. The number of carbonyl (C=O) groups is 3. The van der Waals surface area contributed by atoms with Gasteiger partial charge in [-0.15, -0.1) is 10.2 Å². The van der Waals surface area contributed by atoms with Crippen LogP contribution in [0.15, 0.2) is 12.3 Å². The molecule has 0 saturated carbocycles. The van der Waals surface area contributed by atoms with Crippen LogP contribution in [-0.4, -0.2) is 57.8 Å². The van der Waals surface area contributed by atoms with Gasteiger partial charge < -0.3 is 9.64 Å². The molecule has 3 atom stereocenters. The molecule has 3 aliphatic heterocycles. The van der Waals surface area contributed by atoms with Crippen LogP contribution in [0.25, 0.3) is 10.6 Å². The summed E-state index contributed by atoms with van der Waals surface area (Å²) in [4.78, 5) is 44.7. The number of aryl methyl sites for hydroxylation is 1. The van der Waals surface area contributed by atoms with Gasteiger partial charge >= 0.3 is 6.03 Å². The molecule has 5 heterocycles. The lowest BCUT2D eigenvalue weighted by Gasteiger charge is -2.54. The van der Waals surface area contributed by atoms with Gasteiger partial charge in [-0.05, 0) is 32.4 Å². The van der Waals surface area contributed by atoms with Crippen LogP contribution in [-0.2, 0) is 20.7 Å². The van der Waals surface area contributed by atoms with Gasteiger partial charge in [0.05, 0.1) is 18.2 Å². The number of urea groups is 1. The summed E-state index contributed by atoms with van der Waals surface area (Å²) in [6.45, 7) is 6.13. The first-order valence-electron chi connectivity index (χ1n) is 9.68. The summed E-state index contributed by atoms with van der Waals surface area (Å²) >= 11 is 1.44. The molecule has 2 fully saturated rings. The van der Waals surface area contributed by atoms with E-state index in [1.165, 1.54) is 11.3 Å². The maximum absolute atomic E-state index is 13.1. The zero-order chi connectivity index (χ0) is 21.2. The number of nitrogens with zero attached hydrogens (tertiary/aromatic N) is 4. The molecule has 2 aromatic heterocycles. The summed E-state index contributed by atoms with van der Waals surface area (Å²) in [5, 5.41) is 14.3. The lowest BCUT2D eigenvalue weighted by Crippen LogP contribution is -2.75. The molecule has 10 nitrogen and oxygen atoms in total. The Morgan fingerprint density at radius 3 is 2.60 bits per heavy atom. The quantitative estimate of drug-likeness (QED) is 0.639. The molecule has 4 amide bonds. The van der Waals surface area contributed by atoms with Gasteiger partial charge in [-0.25, -0.2) is 9.78 Å². The third-order valence-electron chi connectivity index (χ3n) is 5.91. The van der Waals surface area contributed by atoms with E-state index in [1.54, 1.807) is 6.20 Å². The average Bonchev–Trinajstić information content (AvgIpc) is 3.11. The molecule has 0 bridgehead atoms. The van der Waals surface area contributed by atoms with Crippen LogP contribution < -0.4 is 15.5 Å². The fraction of sp³-hybridized carbons (Fsp3) is 0.474. The van der Waals surface area contributed by atoms with Gasteiger partial charge in [-0.1, -0.05) is 11.3 Å². The number of aromatic nitrogens is 3. The van der Waals surface area contributed by atoms with E-state index in [0.717, 1.165) is 27.0 Å². The number of pyridine rings is 1. The predicted octanol–water partition coefficient (Wildman–Crippen LogP) is 0.799. The van der Waals surface area contributed by atoms with Crippen molar-refractivity contribution in [3.8, 4) is 10.6 Å². The summed E-state index contributed by atoms with van der Waals surface area (Å²) in [6, 6.07) is 0.514. The second kappa shape index (κ2) is 6.54. The number of morpholine rings is 1. The van der Waals surface area contributed by atoms with Crippen molar-refractivity contribution in [1.29, 1.82) is 0 Å². The number of anilines is 1. The van der Waals surface area contributed by atoms with Crippen molar-refractivity contribution in [2.24, 2.45) is 5.41 Å². The zero-order valence-electron chi connectivity index (χ0n) is 16.6. The van der Waals surface area contributed by atoms with Crippen molar-refractivity contribution in [3.63, 3.8) is 0 Å². The zero-order valence-corrected chi connectivity index (χ0v) is 17.4. The van der Waals surface area contributed by atoms with Crippen LogP contribution in [0, 0.1) is 12.3 Å². The first kappa shape index (κ1) is 19.1. The third-order valence-corrected chi connectivity index (χ3v) is 6.80. The normalized spacial score (nSPS) is 27.4. The Labute approximate surface area is 176 Å². The van der Waals surface area contributed by atoms with Crippen molar-refractivity contribution in [1.82, 2.24) is 25.8 Å². The van der Waals surface area contributed by atoms with Crippen molar-refractivity contribution in [2.75, 3.05) is 11.4 Å². The molecule has 0 aromatic carbocycles. The summed E-state index contributed by atoms with van der Waals surface area (Å²) < 4.78 is 5.99. The Kier molecular flexibility index (Phi) is 4.16. The lowest BCUT2D eigenvalue weighted by atomic mass is 9.67. The van der Waals surface area contributed by atoms with Crippen molar-refractivity contribution in [3.05, 3.63) is 22.8 Å². The van der Waals surface area contributed by atoms with E-state index in [1.807, 2.05) is 31.7 Å². The van der Waals surface area contributed by atoms with Crippen molar-refractivity contribution < 1.29 is 19.1 Å². The first-order valence-corrected chi connectivity index (χ1v) is 10.5. The Morgan fingerprint density at radius 2 is 1.93 bits per heavy atom. The monoisotopic (exact) mass is 428 g/mol. The summed E-state index contributed by atoms with van der Waals surface area (Å²) in [5.74, 6) is -0.506. The summed E-state index contributed by atoms with van der Waals surface area (Å²) in [5.41, 5.74) is 0.0187. The molecule has 30 heavy (non-hydrogen) atoms. The topological polar surface area (TPSA) is 126 Å². The smallest absolute Gasteiger partial charge is 0.328 e. The van der Waals surface area contributed by atoms with E-state index in [4.69, 9.17) is 4.74 Å². The molecular weight excluding hydrogens is 408 g/mol. The molecule has 3 aliphatic rings. The Balaban J connectivity index is 1.68. The number of ether oxygens (including phenoxy) is 1. The maximum atomic E-state index is 13.1. The van der Waals surface area contributed by atoms with E-state index in [9.17, 15) is 14.4 Å². The lowest BCUT2D eigenvalue weighted by molar-refractivity contribution is -0.153. The van der Waals surface area contributed by atoms with Crippen LogP contribution in [0.1, 0.15) is 24.4 Å². The SMILES string of the molecule is Cc1nnc(-c2cnc3c(c2)CC2(C(=O)NC(=O)NC2=O)[C@H]2[C@H](C)O[C@H](C)CN32)s1. The van der Waals surface area contributed by atoms with Gasteiger partial charge in [0.1, 0.15) is 15.8 Å². The molecule has 156 valence electrons. The second-order valence-electron chi connectivity index (χ2n) is 7.97. The van der Waals surface area contributed by atoms with Gasteiger partial charge in [0.25, 0.3) is 0 Å². The van der Waals surface area contributed by atoms with E-state index < -0.39 is 35.4 Å². The molecule has 5 rings (SSSR count). The molecule has 2 N–H and O–H groups in total. The number of imide groups is 2. The highest BCUT2D eigenvalue weighted by atomic mass is 32.1. The van der Waals surface area contributed by atoms with Gasteiger partial charge in [0.2, 0.25) is 11.8 Å². The van der Waals surface area contributed by atoms with Gasteiger partial charge in [-0.2, -0.15) is 0 Å². The standard InChI is InChI=1S/C19H20N6O4S/c1-8-7-25-13(9(2)29-8)19(16(26)21-18(28)22-17(19)27)5-11-4-12(6-20-14(11)25)15-24-23-10(3)30-15/h4,6,8-9,13H,5,7H2,1-3H3,(H2,21,22,26,27,28)/t8-,9+,13-/m1/s1. The van der Waals surface area contributed by atoms with Crippen molar-refractivity contribution >= 4 is 35.0 Å². The molecule has 11 heteroatoms. The largest absolute Gasteiger partial charge is 0.372 e. The van der Waals surface area contributed by atoms with E-state index in [-0.39, 0.29) is 12.5 Å². The minimum absolute atomic E-state index is 0.106. The van der Waals surface area contributed by atoms with Crippen molar-refractivity contribution in [2.45, 2.75) is 45.4 Å². The molecule has 1 spiro atoms. The summed E-state index contributed by atoms with van der Waals surface area (Å²) in [7, 11) is 0. The number of barbiturate groups is 1. The number of fused-ring (bicyclic) bond motifs is 4. The highest BCUT2D eigenvalue weighted by Gasteiger charge is 2.63.